The van der Waals surface area contributed by atoms with Gasteiger partial charge in [-0.25, -0.2) is 8.78 Å². The van der Waals surface area contributed by atoms with Crippen LogP contribution in [0.2, 0.25) is 0 Å². The molecule has 124 valence electrons. The molecule has 1 aromatic heterocycles. The average Bonchev–Trinajstić information content (AvgIpc) is 3.08. The molecule has 0 aliphatic carbocycles. The quantitative estimate of drug-likeness (QED) is 0.615. The molecule has 0 radical (unpaired) electrons. The second-order valence-corrected chi connectivity index (χ2v) is 6.39. The van der Waals surface area contributed by atoms with Crippen LogP contribution in [0.1, 0.15) is 18.1 Å². The third kappa shape index (κ3) is 3.56. The van der Waals surface area contributed by atoms with Gasteiger partial charge in [0, 0.05) is 10.5 Å². The van der Waals surface area contributed by atoms with Crippen LogP contribution < -0.4 is 4.74 Å². The van der Waals surface area contributed by atoms with Gasteiger partial charge in [-0.2, -0.15) is 0 Å². The van der Waals surface area contributed by atoms with Crippen LogP contribution >= 0.6 is 11.8 Å². The largest absolute Gasteiger partial charge is 0.497 e. The van der Waals surface area contributed by atoms with E-state index in [0.717, 1.165) is 41.3 Å². The highest BCUT2D eigenvalue weighted by Gasteiger charge is 2.18. The molecular weight excluding hydrogens is 334 g/mol. The maximum atomic E-state index is 13.7. The zero-order valence-electron chi connectivity index (χ0n) is 13.0. The van der Waals surface area contributed by atoms with E-state index in [1.807, 2.05) is 0 Å². The fourth-order valence-corrected chi connectivity index (χ4v) is 3.00. The normalized spacial score (nSPS) is 12.2. The van der Waals surface area contributed by atoms with Gasteiger partial charge in [0.2, 0.25) is 11.8 Å². The SMILES string of the molecule is COc1ccc(-c2nnc(C(C)Sc3cc(F)ccc3F)o2)cc1. The van der Waals surface area contributed by atoms with Crippen LogP contribution in [0.5, 0.6) is 5.75 Å². The highest BCUT2D eigenvalue weighted by molar-refractivity contribution is 7.99. The first kappa shape index (κ1) is 16.4. The van der Waals surface area contributed by atoms with E-state index in [1.165, 1.54) is 0 Å². The number of hydrogen-bond acceptors (Lipinski definition) is 5. The van der Waals surface area contributed by atoms with Crippen molar-refractivity contribution in [2.24, 2.45) is 0 Å². The minimum absolute atomic E-state index is 0.201. The highest BCUT2D eigenvalue weighted by atomic mass is 32.2. The predicted octanol–water partition coefficient (Wildman–Crippen LogP) is 4.88. The Kier molecular flexibility index (Phi) is 4.80. The molecule has 1 heterocycles. The molecule has 0 saturated carbocycles. The number of benzene rings is 2. The molecular formula is C17H14F2N2O2S. The lowest BCUT2D eigenvalue weighted by molar-refractivity contribution is 0.415. The summed E-state index contributed by atoms with van der Waals surface area (Å²) >= 11 is 1.12. The Bertz CT molecular complexity index is 837. The first-order valence-electron chi connectivity index (χ1n) is 7.16. The zero-order valence-corrected chi connectivity index (χ0v) is 13.8. The van der Waals surface area contributed by atoms with E-state index in [0.29, 0.717) is 11.8 Å². The van der Waals surface area contributed by atoms with Gasteiger partial charge in [0.05, 0.1) is 12.4 Å². The lowest BCUT2D eigenvalue weighted by Crippen LogP contribution is -1.91. The van der Waals surface area contributed by atoms with Gasteiger partial charge < -0.3 is 9.15 Å². The Balaban J connectivity index is 1.77. The molecule has 3 aromatic rings. The first-order valence-corrected chi connectivity index (χ1v) is 8.04. The van der Waals surface area contributed by atoms with Crippen LogP contribution in [0.25, 0.3) is 11.5 Å². The molecule has 1 atom stereocenters. The van der Waals surface area contributed by atoms with Gasteiger partial charge in [-0.05, 0) is 49.4 Å². The summed E-state index contributed by atoms with van der Waals surface area (Å²) in [5, 5.41) is 7.69. The summed E-state index contributed by atoms with van der Waals surface area (Å²) in [4.78, 5) is 0.201. The minimum Gasteiger partial charge on any atom is -0.497 e. The summed E-state index contributed by atoms with van der Waals surface area (Å²) in [5.74, 6) is 0.456. The Morgan fingerprint density at radius 3 is 2.54 bits per heavy atom. The van der Waals surface area contributed by atoms with Gasteiger partial charge in [0.1, 0.15) is 17.4 Å². The standard InChI is InChI=1S/C17H14F2N2O2S/c1-10(24-15-9-12(18)5-8-14(15)19)16-20-21-17(23-16)11-3-6-13(22-2)7-4-11/h3-10H,1-2H3. The maximum absolute atomic E-state index is 13.7. The molecule has 0 bridgehead atoms. The van der Waals surface area contributed by atoms with Crippen molar-refractivity contribution in [3.63, 3.8) is 0 Å². The summed E-state index contributed by atoms with van der Waals surface area (Å²) in [7, 11) is 1.59. The second-order valence-electron chi connectivity index (χ2n) is 5.01. The Morgan fingerprint density at radius 1 is 1.08 bits per heavy atom. The lowest BCUT2D eigenvalue weighted by atomic mass is 10.2. The lowest BCUT2D eigenvalue weighted by Gasteiger charge is -2.07. The minimum atomic E-state index is -0.490. The van der Waals surface area contributed by atoms with Crippen molar-refractivity contribution < 1.29 is 17.9 Å². The predicted molar refractivity (Wildman–Crippen MR) is 86.9 cm³/mol. The molecule has 0 N–H and O–H groups in total. The number of halogens is 2. The van der Waals surface area contributed by atoms with Crippen molar-refractivity contribution >= 4 is 11.8 Å². The molecule has 0 aliphatic heterocycles. The van der Waals surface area contributed by atoms with E-state index < -0.39 is 11.6 Å². The van der Waals surface area contributed by atoms with Gasteiger partial charge in [-0.15, -0.1) is 22.0 Å². The van der Waals surface area contributed by atoms with Crippen molar-refractivity contribution in [3.05, 3.63) is 60.0 Å². The van der Waals surface area contributed by atoms with E-state index in [9.17, 15) is 8.78 Å². The molecule has 0 spiro atoms. The molecule has 7 heteroatoms. The number of hydrogen-bond donors (Lipinski definition) is 0. The third-order valence-electron chi connectivity index (χ3n) is 3.32. The number of ether oxygens (including phenoxy) is 1. The third-order valence-corrected chi connectivity index (χ3v) is 4.44. The van der Waals surface area contributed by atoms with Crippen LogP contribution in [0, 0.1) is 11.6 Å². The Morgan fingerprint density at radius 2 is 1.83 bits per heavy atom. The first-order chi connectivity index (χ1) is 11.6. The molecule has 1 unspecified atom stereocenters. The number of thioether (sulfide) groups is 1. The molecule has 0 amide bonds. The van der Waals surface area contributed by atoms with Crippen molar-refractivity contribution in [1.82, 2.24) is 10.2 Å². The number of nitrogens with zero attached hydrogens (tertiary/aromatic N) is 2. The molecule has 0 fully saturated rings. The summed E-state index contributed by atoms with van der Waals surface area (Å²) in [5.41, 5.74) is 0.753. The number of methoxy groups -OCH3 is 1. The summed E-state index contributed by atoms with van der Waals surface area (Å²) in [6.07, 6.45) is 0. The van der Waals surface area contributed by atoms with Crippen molar-refractivity contribution in [1.29, 1.82) is 0 Å². The van der Waals surface area contributed by atoms with Crippen molar-refractivity contribution in [2.45, 2.75) is 17.1 Å². The van der Waals surface area contributed by atoms with Gasteiger partial charge in [-0.1, -0.05) is 0 Å². The highest BCUT2D eigenvalue weighted by Crippen LogP contribution is 2.36. The van der Waals surface area contributed by atoms with Crippen LogP contribution in [0.15, 0.2) is 51.8 Å². The van der Waals surface area contributed by atoms with Crippen LogP contribution in [0.3, 0.4) is 0 Å². The van der Waals surface area contributed by atoms with Gasteiger partial charge in [-0.3, -0.25) is 0 Å². The number of aromatic nitrogens is 2. The molecule has 4 nitrogen and oxygen atoms in total. The van der Waals surface area contributed by atoms with Crippen LogP contribution in [-0.4, -0.2) is 17.3 Å². The van der Waals surface area contributed by atoms with Gasteiger partial charge in [0.15, 0.2) is 0 Å². The second kappa shape index (κ2) is 7.00. The van der Waals surface area contributed by atoms with Crippen LogP contribution in [-0.2, 0) is 0 Å². The van der Waals surface area contributed by atoms with Gasteiger partial charge >= 0.3 is 0 Å². The topological polar surface area (TPSA) is 48.2 Å². The monoisotopic (exact) mass is 348 g/mol. The van der Waals surface area contributed by atoms with E-state index >= 15 is 0 Å². The summed E-state index contributed by atoms with van der Waals surface area (Å²) in [6.45, 7) is 1.79. The molecule has 0 saturated heterocycles. The molecule has 2 aromatic carbocycles. The number of rotatable bonds is 5. The summed E-state index contributed by atoms with van der Waals surface area (Å²) < 4.78 is 37.7. The maximum Gasteiger partial charge on any atom is 0.247 e. The van der Waals surface area contributed by atoms with E-state index in [-0.39, 0.29) is 10.1 Å². The molecule has 24 heavy (non-hydrogen) atoms. The van der Waals surface area contributed by atoms with E-state index in [1.54, 1.807) is 38.3 Å². The van der Waals surface area contributed by atoms with Crippen molar-refractivity contribution in [3.8, 4) is 17.2 Å². The van der Waals surface area contributed by atoms with Crippen molar-refractivity contribution in [2.75, 3.05) is 7.11 Å². The van der Waals surface area contributed by atoms with E-state index in [4.69, 9.17) is 9.15 Å². The summed E-state index contributed by atoms with van der Waals surface area (Å²) in [6, 6.07) is 10.5. The smallest absolute Gasteiger partial charge is 0.247 e. The van der Waals surface area contributed by atoms with E-state index in [2.05, 4.69) is 10.2 Å². The van der Waals surface area contributed by atoms with Gasteiger partial charge in [0.25, 0.3) is 0 Å². The Labute approximate surface area is 141 Å². The Hall–Kier alpha value is -2.41. The molecule has 0 aliphatic rings. The van der Waals surface area contributed by atoms with Crippen LogP contribution in [0.4, 0.5) is 8.78 Å². The average molecular weight is 348 g/mol. The zero-order chi connectivity index (χ0) is 17.1. The fourth-order valence-electron chi connectivity index (χ4n) is 2.06. The fraction of sp³-hybridized carbons (Fsp3) is 0.176. The molecule has 3 rings (SSSR count).